The minimum Gasteiger partial charge on any atom is -0.299 e. The number of hydrogen-bond donors (Lipinski definition) is 0. The molecule has 126 valence electrons. The zero-order valence-electron chi connectivity index (χ0n) is 14.9. The van der Waals surface area contributed by atoms with Crippen LogP contribution in [-0.4, -0.2) is 12.6 Å². The fourth-order valence-electron chi connectivity index (χ4n) is 1.55. The third kappa shape index (κ3) is 13.0. The lowest BCUT2D eigenvalue weighted by Crippen LogP contribution is -1.71. The van der Waals surface area contributed by atoms with Crippen LogP contribution in [0.25, 0.3) is 0 Å². The van der Waals surface area contributed by atoms with Crippen molar-refractivity contribution in [3.8, 4) is 0 Å². The van der Waals surface area contributed by atoms with Gasteiger partial charge < -0.3 is 0 Å². The van der Waals surface area contributed by atoms with Crippen molar-refractivity contribution in [2.24, 2.45) is 0 Å². The van der Waals surface area contributed by atoms with Crippen LogP contribution in [0, 0.1) is 0 Å². The summed E-state index contributed by atoms with van der Waals surface area (Å²) in [5, 5.41) is 0. The Labute approximate surface area is 145 Å². The van der Waals surface area contributed by atoms with Crippen LogP contribution in [0.2, 0.25) is 0 Å². The molecule has 0 fully saturated rings. The summed E-state index contributed by atoms with van der Waals surface area (Å²) in [6.45, 7) is 7.79. The monoisotopic (exact) mass is 322 g/mol. The van der Waals surface area contributed by atoms with Crippen molar-refractivity contribution >= 4 is 12.6 Å². The van der Waals surface area contributed by atoms with Gasteiger partial charge in [-0.05, 0) is 51.0 Å². The molecule has 0 bridgehead atoms. The van der Waals surface area contributed by atoms with Crippen molar-refractivity contribution < 1.29 is 9.59 Å². The highest BCUT2D eigenvalue weighted by Gasteiger charge is 1.81. The van der Waals surface area contributed by atoms with Crippen LogP contribution in [0.5, 0.6) is 0 Å². The molecule has 0 N–H and O–H groups in total. The summed E-state index contributed by atoms with van der Waals surface area (Å²) in [6.07, 6.45) is 24.2. The maximum atomic E-state index is 10.3. The van der Waals surface area contributed by atoms with Gasteiger partial charge >= 0.3 is 0 Å². The topological polar surface area (TPSA) is 34.1 Å². The first-order chi connectivity index (χ1) is 11.5. The van der Waals surface area contributed by atoms with Gasteiger partial charge in [-0.15, -0.1) is 0 Å². The molecule has 0 aliphatic carbocycles. The Kier molecular flexibility index (Phi) is 12.3. The van der Waals surface area contributed by atoms with Gasteiger partial charge in [0.1, 0.15) is 12.6 Å². The maximum Gasteiger partial charge on any atom is 0.143 e. The number of carbonyl (C=O) groups is 2. The molecule has 0 rings (SSSR count). The summed E-state index contributed by atoms with van der Waals surface area (Å²) >= 11 is 0. The van der Waals surface area contributed by atoms with E-state index in [1.165, 1.54) is 12.2 Å². The molecular weight excluding hydrogens is 296 g/mol. The second-order valence-electron chi connectivity index (χ2n) is 5.35. The lowest BCUT2D eigenvalue weighted by molar-refractivity contribution is -0.104. The van der Waals surface area contributed by atoms with Gasteiger partial charge in [-0.3, -0.25) is 9.59 Å². The second-order valence-corrected chi connectivity index (χ2v) is 5.35. The Morgan fingerprint density at radius 2 is 0.750 bits per heavy atom. The third-order valence-electron chi connectivity index (χ3n) is 2.93. The van der Waals surface area contributed by atoms with Crippen molar-refractivity contribution in [3.63, 3.8) is 0 Å². The molecule has 0 saturated carbocycles. The van der Waals surface area contributed by atoms with E-state index < -0.39 is 0 Å². The molecule has 24 heavy (non-hydrogen) atoms. The fourth-order valence-corrected chi connectivity index (χ4v) is 1.55. The van der Waals surface area contributed by atoms with Crippen LogP contribution in [0.3, 0.4) is 0 Å². The number of hydrogen-bond acceptors (Lipinski definition) is 2. The van der Waals surface area contributed by atoms with Crippen molar-refractivity contribution in [1.82, 2.24) is 0 Å². The molecule has 0 atom stereocenters. The van der Waals surface area contributed by atoms with Gasteiger partial charge in [0.05, 0.1) is 0 Å². The van der Waals surface area contributed by atoms with Gasteiger partial charge in [0.25, 0.3) is 0 Å². The van der Waals surface area contributed by atoms with E-state index in [1.54, 1.807) is 0 Å². The fraction of sp³-hybridized carbons (Fsp3) is 0.182. The quantitative estimate of drug-likeness (QED) is 0.324. The Morgan fingerprint density at radius 3 is 1.08 bits per heavy atom. The Morgan fingerprint density at radius 1 is 0.458 bits per heavy atom. The zero-order valence-corrected chi connectivity index (χ0v) is 14.9. The summed E-state index contributed by atoms with van der Waals surface area (Å²) in [5.74, 6) is 0. The van der Waals surface area contributed by atoms with E-state index in [9.17, 15) is 9.59 Å². The number of aldehydes is 2. The predicted molar refractivity (Wildman–Crippen MR) is 104 cm³/mol. The van der Waals surface area contributed by atoms with Crippen LogP contribution >= 0.6 is 0 Å². The van der Waals surface area contributed by atoms with Crippen molar-refractivity contribution in [3.05, 3.63) is 95.2 Å². The minimum absolute atomic E-state index is 0.784. The molecule has 0 amide bonds. The highest BCUT2D eigenvalue weighted by molar-refractivity contribution is 5.67. The van der Waals surface area contributed by atoms with Gasteiger partial charge in [-0.2, -0.15) is 0 Å². The van der Waals surface area contributed by atoms with Crippen LogP contribution in [0.1, 0.15) is 27.7 Å². The number of allylic oxidation sites excluding steroid dienone is 16. The van der Waals surface area contributed by atoms with E-state index >= 15 is 0 Å². The van der Waals surface area contributed by atoms with E-state index in [2.05, 4.69) is 0 Å². The molecule has 0 radical (unpaired) electrons. The first-order valence-electron chi connectivity index (χ1n) is 7.78. The SMILES string of the molecule is CC(C=CC=C(C)C=CC=CC(C)=CC=CC(C)=CC=O)=CC=O. The normalized spacial score (nSPS) is 15.3. The van der Waals surface area contributed by atoms with Crippen LogP contribution in [0.15, 0.2) is 95.2 Å². The molecule has 0 saturated heterocycles. The standard InChI is InChI=1S/C22H26O2/c1-19(11-7-13-21(3)15-17-23)9-5-6-10-20(2)12-8-14-22(4)16-18-24/h5-18H,1-4H3. The summed E-state index contributed by atoms with van der Waals surface area (Å²) in [6, 6.07) is 0. The summed E-state index contributed by atoms with van der Waals surface area (Å²) in [5.41, 5.74) is 4.08. The summed E-state index contributed by atoms with van der Waals surface area (Å²) < 4.78 is 0. The molecule has 0 aliphatic rings. The van der Waals surface area contributed by atoms with Crippen molar-refractivity contribution in [1.29, 1.82) is 0 Å². The van der Waals surface area contributed by atoms with E-state index in [0.29, 0.717) is 0 Å². The van der Waals surface area contributed by atoms with E-state index in [4.69, 9.17) is 0 Å². The van der Waals surface area contributed by atoms with Crippen molar-refractivity contribution in [2.75, 3.05) is 0 Å². The molecule has 0 aliphatic heterocycles. The Hall–Kier alpha value is -2.74. The lowest BCUT2D eigenvalue weighted by Gasteiger charge is -1.90. The summed E-state index contributed by atoms with van der Waals surface area (Å²) in [4.78, 5) is 20.6. The number of carbonyl (C=O) groups excluding carboxylic acids is 2. The Bertz CT molecular complexity index is 587. The molecule has 0 heterocycles. The molecular formula is C22H26O2. The first-order valence-corrected chi connectivity index (χ1v) is 7.78. The van der Waals surface area contributed by atoms with Gasteiger partial charge in [-0.1, -0.05) is 71.9 Å². The first kappa shape index (κ1) is 21.3. The van der Waals surface area contributed by atoms with Crippen molar-refractivity contribution in [2.45, 2.75) is 27.7 Å². The van der Waals surface area contributed by atoms with E-state index in [-0.39, 0.29) is 0 Å². The average Bonchev–Trinajstić information content (AvgIpc) is 2.52. The third-order valence-corrected chi connectivity index (χ3v) is 2.93. The lowest BCUT2D eigenvalue weighted by atomic mass is 10.2. The highest BCUT2D eigenvalue weighted by atomic mass is 16.1. The minimum atomic E-state index is 0.784. The smallest absolute Gasteiger partial charge is 0.143 e. The maximum absolute atomic E-state index is 10.3. The molecule has 0 spiro atoms. The van der Waals surface area contributed by atoms with Crippen LogP contribution < -0.4 is 0 Å². The molecule has 0 aromatic carbocycles. The zero-order chi connectivity index (χ0) is 18.2. The molecule has 0 aromatic heterocycles. The van der Waals surface area contributed by atoms with Gasteiger partial charge in [0.15, 0.2) is 0 Å². The summed E-state index contributed by atoms with van der Waals surface area (Å²) in [7, 11) is 0. The predicted octanol–water partition coefficient (Wildman–Crippen LogP) is 5.39. The van der Waals surface area contributed by atoms with Gasteiger partial charge in [0, 0.05) is 0 Å². The second kappa shape index (κ2) is 13.9. The molecule has 2 heteroatoms. The highest BCUT2D eigenvalue weighted by Crippen LogP contribution is 2.01. The Balaban J connectivity index is 4.54. The molecule has 0 aromatic rings. The van der Waals surface area contributed by atoms with E-state index in [0.717, 1.165) is 34.9 Å². The molecule has 2 nitrogen and oxygen atoms in total. The molecule has 0 unspecified atom stereocenters. The van der Waals surface area contributed by atoms with Gasteiger partial charge in [-0.25, -0.2) is 0 Å². The largest absolute Gasteiger partial charge is 0.299 e. The van der Waals surface area contributed by atoms with Crippen LogP contribution in [-0.2, 0) is 9.59 Å². The van der Waals surface area contributed by atoms with Crippen LogP contribution in [0.4, 0.5) is 0 Å². The number of rotatable bonds is 9. The average molecular weight is 322 g/mol. The van der Waals surface area contributed by atoms with E-state index in [1.807, 2.05) is 88.5 Å². The van der Waals surface area contributed by atoms with Gasteiger partial charge in [0.2, 0.25) is 0 Å².